The first kappa shape index (κ1) is 103. The third-order valence-electron chi connectivity index (χ3n) is 20.6. The summed E-state index contributed by atoms with van der Waals surface area (Å²) in [6.45, 7) is 9.71. The Labute approximate surface area is 645 Å². The van der Waals surface area contributed by atoms with Gasteiger partial charge in [-0.05, 0) is 37.5 Å². The summed E-state index contributed by atoms with van der Waals surface area (Å²) in [6, 6.07) is 0. The molecule has 0 bridgehead atoms. The van der Waals surface area contributed by atoms with Crippen LogP contribution in [-0.2, 0) is 65.4 Å². The Bertz CT molecular complexity index is 2010. The maximum absolute atomic E-state index is 13.1. The van der Waals surface area contributed by atoms with Gasteiger partial charge >= 0.3 is 39.5 Å². The number of phosphoric ester groups is 2. The van der Waals surface area contributed by atoms with Gasteiger partial charge in [-0.2, -0.15) is 0 Å². The van der Waals surface area contributed by atoms with Gasteiger partial charge in [0, 0.05) is 25.7 Å². The van der Waals surface area contributed by atoms with Crippen molar-refractivity contribution in [3.8, 4) is 0 Å². The zero-order chi connectivity index (χ0) is 77.1. The molecule has 0 aliphatic carbocycles. The molecule has 3 unspecified atom stereocenters. The van der Waals surface area contributed by atoms with Crippen molar-refractivity contribution >= 4 is 39.5 Å². The lowest BCUT2D eigenvalue weighted by atomic mass is 9.99. The highest BCUT2D eigenvalue weighted by Crippen LogP contribution is 2.45. The molecule has 0 spiro atoms. The number of rotatable bonds is 85. The van der Waals surface area contributed by atoms with Gasteiger partial charge < -0.3 is 33.8 Å². The third-order valence-corrected chi connectivity index (χ3v) is 22.5. The minimum Gasteiger partial charge on any atom is -0.462 e. The summed E-state index contributed by atoms with van der Waals surface area (Å²) in [7, 11) is -9.93. The van der Waals surface area contributed by atoms with Gasteiger partial charge in [-0.15, -0.1) is 0 Å². The Morgan fingerprint density at radius 3 is 0.724 bits per heavy atom. The van der Waals surface area contributed by atoms with E-state index >= 15 is 0 Å². The zero-order valence-electron chi connectivity index (χ0n) is 69.0. The van der Waals surface area contributed by atoms with E-state index in [1.807, 2.05) is 0 Å². The van der Waals surface area contributed by atoms with Crippen molar-refractivity contribution in [1.29, 1.82) is 0 Å². The van der Waals surface area contributed by atoms with Crippen LogP contribution in [0.3, 0.4) is 0 Å². The number of ether oxygens (including phenoxy) is 4. The van der Waals surface area contributed by atoms with Crippen molar-refractivity contribution in [2.24, 2.45) is 11.8 Å². The van der Waals surface area contributed by atoms with Crippen LogP contribution in [0.4, 0.5) is 0 Å². The summed E-state index contributed by atoms with van der Waals surface area (Å²) in [4.78, 5) is 73.2. The molecule has 0 radical (unpaired) electrons. The predicted molar refractivity (Wildman–Crippen MR) is 432 cm³/mol. The van der Waals surface area contributed by atoms with Gasteiger partial charge in [0.25, 0.3) is 0 Å². The van der Waals surface area contributed by atoms with Crippen LogP contribution >= 0.6 is 15.6 Å². The minimum atomic E-state index is -4.97. The summed E-state index contributed by atoms with van der Waals surface area (Å²) in [5.74, 6) is -0.500. The SMILES string of the molecule is CCCCCCCCCCCCCCCCCCCCCCCCC(=O)O[C@H](COC(=O)CCCCCCCCCCCCCCCCC(C)C)COP(=O)(O)OC[C@@H](O)COP(=O)(O)OC[C@@H](COC(=O)CCCCCCCCCCCCCC)OC(=O)CCCCCCCCCCCCC(C)CC. The molecule has 105 heavy (non-hydrogen) atoms. The third kappa shape index (κ3) is 78.5. The lowest BCUT2D eigenvalue weighted by Crippen LogP contribution is -2.30. The van der Waals surface area contributed by atoms with Crippen LogP contribution in [0, 0.1) is 11.8 Å². The molecule has 0 heterocycles. The van der Waals surface area contributed by atoms with E-state index in [9.17, 15) is 43.2 Å². The highest BCUT2D eigenvalue weighted by Gasteiger charge is 2.30. The van der Waals surface area contributed by atoms with Crippen LogP contribution < -0.4 is 0 Å². The summed E-state index contributed by atoms with van der Waals surface area (Å²) >= 11 is 0. The molecule has 0 fully saturated rings. The van der Waals surface area contributed by atoms with Crippen LogP contribution in [-0.4, -0.2) is 96.7 Å². The first-order valence-electron chi connectivity index (χ1n) is 44.5. The van der Waals surface area contributed by atoms with Gasteiger partial charge in [0.15, 0.2) is 12.2 Å². The summed E-state index contributed by atoms with van der Waals surface area (Å²) in [6.07, 6.45) is 69.4. The average molecular weight is 1540 g/mol. The van der Waals surface area contributed by atoms with Crippen LogP contribution in [0.25, 0.3) is 0 Å². The fraction of sp³-hybridized carbons (Fsp3) is 0.953. The summed E-state index contributed by atoms with van der Waals surface area (Å²) in [5.41, 5.74) is 0. The van der Waals surface area contributed by atoms with Crippen LogP contribution in [0.2, 0.25) is 0 Å². The minimum absolute atomic E-state index is 0.107. The van der Waals surface area contributed by atoms with Crippen molar-refractivity contribution in [3.05, 3.63) is 0 Å². The predicted octanol–water partition coefficient (Wildman–Crippen LogP) is 26.2. The number of aliphatic hydroxyl groups excluding tert-OH is 1. The molecular formula is C86H168O17P2. The van der Waals surface area contributed by atoms with Gasteiger partial charge in [0.1, 0.15) is 19.3 Å². The van der Waals surface area contributed by atoms with E-state index in [0.29, 0.717) is 25.7 Å². The monoisotopic (exact) mass is 1540 g/mol. The van der Waals surface area contributed by atoms with E-state index in [4.69, 9.17) is 37.0 Å². The Hall–Kier alpha value is -1.94. The highest BCUT2D eigenvalue weighted by molar-refractivity contribution is 7.47. The fourth-order valence-electron chi connectivity index (χ4n) is 13.4. The quantitative estimate of drug-likeness (QED) is 0.0222. The standard InChI is InChI=1S/C86H168O17P2/c1-7-10-12-14-16-18-20-22-23-24-25-26-27-28-29-30-35-39-46-52-58-64-70-85(90)102-81(74-97-84(89)69-63-57-51-45-38-34-32-31-33-36-42-48-54-60-66-78(4)5)76-100-104(92,93)98-72-80(87)73-99-105(94,95)101-77-82(75-96-83(88)68-62-56-50-44-37-21-19-17-15-13-11-8-2)103-86(91)71-65-59-53-47-41-40-43-49-55-61-67-79(6)9-3/h78-82,87H,7-77H2,1-6H3,(H,92,93)(H,94,95)/t79?,80-,81-,82-/m1/s1. The fourth-order valence-corrected chi connectivity index (χ4v) is 15.0. The molecule has 0 aliphatic rings. The number of esters is 4. The van der Waals surface area contributed by atoms with Crippen molar-refractivity contribution in [3.63, 3.8) is 0 Å². The number of carbonyl (C=O) groups excluding carboxylic acids is 4. The zero-order valence-corrected chi connectivity index (χ0v) is 70.8. The van der Waals surface area contributed by atoms with Gasteiger partial charge in [0.05, 0.1) is 26.4 Å². The molecular weight excluding hydrogens is 1370 g/mol. The lowest BCUT2D eigenvalue weighted by Gasteiger charge is -2.21. The van der Waals surface area contributed by atoms with Crippen LogP contribution in [0.1, 0.15) is 459 Å². The van der Waals surface area contributed by atoms with E-state index < -0.39 is 97.5 Å². The first-order chi connectivity index (χ1) is 50.9. The number of phosphoric acid groups is 2. The second kappa shape index (κ2) is 77.4. The topological polar surface area (TPSA) is 237 Å². The smallest absolute Gasteiger partial charge is 0.462 e. The van der Waals surface area contributed by atoms with E-state index in [0.717, 1.165) is 102 Å². The second-order valence-electron chi connectivity index (χ2n) is 31.6. The normalized spacial score (nSPS) is 14.1. The second-order valence-corrected chi connectivity index (χ2v) is 34.6. The first-order valence-corrected chi connectivity index (χ1v) is 47.5. The average Bonchev–Trinajstić information content (AvgIpc) is 0.903. The highest BCUT2D eigenvalue weighted by atomic mass is 31.2. The lowest BCUT2D eigenvalue weighted by molar-refractivity contribution is -0.161. The molecule has 624 valence electrons. The number of hydrogen-bond acceptors (Lipinski definition) is 15. The van der Waals surface area contributed by atoms with Crippen molar-refractivity contribution < 1.29 is 80.2 Å². The molecule has 0 saturated heterocycles. The van der Waals surface area contributed by atoms with E-state index in [1.54, 1.807) is 0 Å². The molecule has 0 aromatic carbocycles. The Morgan fingerprint density at radius 1 is 0.276 bits per heavy atom. The van der Waals surface area contributed by atoms with Gasteiger partial charge in [-0.3, -0.25) is 37.3 Å². The number of carbonyl (C=O) groups is 4. The van der Waals surface area contributed by atoms with Crippen molar-refractivity contribution in [2.45, 2.75) is 477 Å². The van der Waals surface area contributed by atoms with Gasteiger partial charge in [0.2, 0.25) is 0 Å². The Morgan fingerprint density at radius 2 is 0.486 bits per heavy atom. The van der Waals surface area contributed by atoms with Gasteiger partial charge in [-0.25, -0.2) is 9.13 Å². The van der Waals surface area contributed by atoms with E-state index in [1.165, 1.54) is 276 Å². The molecule has 19 heteroatoms. The molecule has 17 nitrogen and oxygen atoms in total. The maximum atomic E-state index is 13.1. The number of hydrogen-bond donors (Lipinski definition) is 3. The molecule has 3 N–H and O–H groups in total. The van der Waals surface area contributed by atoms with Gasteiger partial charge in [-0.1, -0.05) is 408 Å². The molecule has 0 aromatic heterocycles. The molecule has 0 aromatic rings. The van der Waals surface area contributed by atoms with Crippen LogP contribution in [0.15, 0.2) is 0 Å². The number of unbranched alkanes of at least 4 members (excludes halogenated alkanes) is 54. The Kier molecular flexibility index (Phi) is 76.0. The molecule has 6 atom stereocenters. The van der Waals surface area contributed by atoms with E-state index in [-0.39, 0.29) is 25.7 Å². The number of aliphatic hydroxyl groups is 1. The van der Waals surface area contributed by atoms with E-state index in [2.05, 4.69) is 41.5 Å². The molecule has 0 rings (SSSR count). The molecule has 0 amide bonds. The largest absolute Gasteiger partial charge is 0.472 e. The summed E-state index contributed by atoms with van der Waals surface area (Å²) < 4.78 is 68.9. The molecule has 0 saturated carbocycles. The Balaban J connectivity index is 5.24. The summed E-state index contributed by atoms with van der Waals surface area (Å²) in [5, 5.41) is 10.7. The maximum Gasteiger partial charge on any atom is 0.472 e. The van der Waals surface area contributed by atoms with Crippen LogP contribution in [0.5, 0.6) is 0 Å². The molecule has 0 aliphatic heterocycles. The van der Waals surface area contributed by atoms with Crippen molar-refractivity contribution in [1.82, 2.24) is 0 Å². The van der Waals surface area contributed by atoms with Crippen molar-refractivity contribution in [2.75, 3.05) is 39.6 Å².